The lowest BCUT2D eigenvalue weighted by Crippen LogP contribution is -2.30. The van der Waals surface area contributed by atoms with Gasteiger partial charge in [0.2, 0.25) is 0 Å². The molecule has 1 aromatic heterocycles. The van der Waals surface area contributed by atoms with Crippen molar-refractivity contribution < 1.29 is 9.53 Å². The lowest BCUT2D eigenvalue weighted by Gasteiger charge is -2.33. The molecule has 2 aromatic rings. The molecule has 6 heteroatoms. The van der Waals surface area contributed by atoms with Crippen LogP contribution < -0.4 is 10.1 Å². The van der Waals surface area contributed by atoms with E-state index in [2.05, 4.69) is 32.2 Å². The zero-order chi connectivity index (χ0) is 21.3. The van der Waals surface area contributed by atoms with Crippen molar-refractivity contribution in [1.82, 2.24) is 0 Å². The minimum Gasteiger partial charge on any atom is -0.479 e. The number of anilines is 1. The number of carbonyl (C=O) groups is 1. The second-order valence-corrected chi connectivity index (χ2v) is 10.3. The highest BCUT2D eigenvalue weighted by Crippen LogP contribution is 2.44. The maximum absolute atomic E-state index is 12.7. The molecule has 0 unspecified atom stereocenters. The number of nitrogens with one attached hydrogen (secondary N) is 1. The average Bonchev–Trinajstić information content (AvgIpc) is 2.99. The minimum atomic E-state index is -0.734. The number of nitriles is 1. The normalized spacial score (nSPS) is 17.2. The Morgan fingerprint density at radius 1 is 1.41 bits per heavy atom. The summed E-state index contributed by atoms with van der Waals surface area (Å²) in [5.74, 6) is 0.771. The van der Waals surface area contributed by atoms with Crippen molar-refractivity contribution in [3.05, 3.63) is 44.8 Å². The van der Waals surface area contributed by atoms with Crippen LogP contribution in [0.15, 0.2) is 18.2 Å². The number of carbonyl (C=O) groups excluding carboxylic acids is 1. The largest absolute Gasteiger partial charge is 0.479 e. The fourth-order valence-electron chi connectivity index (χ4n) is 3.69. The third kappa shape index (κ3) is 4.76. The molecule has 1 aliphatic rings. The van der Waals surface area contributed by atoms with Crippen LogP contribution in [0.1, 0.15) is 55.7 Å². The smallest absolute Gasteiger partial charge is 0.265 e. The van der Waals surface area contributed by atoms with Crippen LogP contribution in [0.25, 0.3) is 0 Å². The SMILES string of the molecule is Cc1ccc(Cl)c(O[C@@H](C)C(=O)Nc2sc3c(c2C#N)CC[C@H](C(C)(C)C)C3)c1. The van der Waals surface area contributed by atoms with Crippen LogP contribution in [0, 0.1) is 29.6 Å². The summed E-state index contributed by atoms with van der Waals surface area (Å²) in [5, 5.41) is 13.7. The summed E-state index contributed by atoms with van der Waals surface area (Å²) >= 11 is 7.70. The van der Waals surface area contributed by atoms with Gasteiger partial charge in [-0.15, -0.1) is 11.3 Å². The molecule has 3 rings (SSSR count). The Labute approximate surface area is 181 Å². The molecule has 0 spiro atoms. The Morgan fingerprint density at radius 3 is 2.79 bits per heavy atom. The van der Waals surface area contributed by atoms with Crippen molar-refractivity contribution in [3.8, 4) is 11.8 Å². The Balaban J connectivity index is 1.76. The molecule has 29 heavy (non-hydrogen) atoms. The van der Waals surface area contributed by atoms with E-state index in [0.717, 1.165) is 30.4 Å². The van der Waals surface area contributed by atoms with Gasteiger partial charge in [0.05, 0.1) is 10.6 Å². The molecule has 4 nitrogen and oxygen atoms in total. The van der Waals surface area contributed by atoms with Crippen molar-refractivity contribution in [2.75, 3.05) is 5.32 Å². The fourth-order valence-corrected chi connectivity index (χ4v) is 5.13. The van der Waals surface area contributed by atoms with E-state index in [9.17, 15) is 10.1 Å². The number of thiophene rings is 1. The molecule has 1 aliphatic carbocycles. The Kier molecular flexibility index (Phi) is 6.26. The third-order valence-corrected chi connectivity index (χ3v) is 7.08. The molecule has 0 fully saturated rings. The molecule has 1 aromatic carbocycles. The molecule has 2 atom stereocenters. The van der Waals surface area contributed by atoms with Gasteiger partial charge in [-0.05, 0) is 67.7 Å². The molecule has 0 saturated carbocycles. The van der Waals surface area contributed by atoms with Gasteiger partial charge in [-0.25, -0.2) is 0 Å². The van der Waals surface area contributed by atoms with Crippen molar-refractivity contribution in [1.29, 1.82) is 5.26 Å². The zero-order valence-corrected chi connectivity index (χ0v) is 19.1. The summed E-state index contributed by atoms with van der Waals surface area (Å²) in [6, 6.07) is 7.75. The summed E-state index contributed by atoms with van der Waals surface area (Å²) in [6.07, 6.45) is 2.18. The first-order valence-corrected chi connectivity index (χ1v) is 11.1. The van der Waals surface area contributed by atoms with E-state index >= 15 is 0 Å². The van der Waals surface area contributed by atoms with Crippen LogP contribution in [0.3, 0.4) is 0 Å². The van der Waals surface area contributed by atoms with E-state index in [1.54, 1.807) is 13.0 Å². The van der Waals surface area contributed by atoms with Gasteiger partial charge in [0.1, 0.15) is 16.8 Å². The number of fused-ring (bicyclic) bond motifs is 1. The topological polar surface area (TPSA) is 62.1 Å². The maximum Gasteiger partial charge on any atom is 0.265 e. The van der Waals surface area contributed by atoms with Crippen LogP contribution in [-0.2, 0) is 17.6 Å². The number of benzene rings is 1. The molecule has 154 valence electrons. The summed E-state index contributed by atoms with van der Waals surface area (Å²) in [7, 11) is 0. The van der Waals surface area contributed by atoms with Gasteiger partial charge in [0.25, 0.3) is 5.91 Å². The Morgan fingerprint density at radius 2 is 2.14 bits per heavy atom. The fraction of sp³-hybridized carbons (Fsp3) is 0.478. The van der Waals surface area contributed by atoms with Gasteiger partial charge in [-0.1, -0.05) is 38.4 Å². The second kappa shape index (κ2) is 8.38. The molecular formula is C23H27ClN2O2S. The number of hydrogen-bond acceptors (Lipinski definition) is 4. The molecule has 1 amide bonds. The highest BCUT2D eigenvalue weighted by molar-refractivity contribution is 7.16. The van der Waals surface area contributed by atoms with Crippen molar-refractivity contribution in [3.63, 3.8) is 0 Å². The number of rotatable bonds is 4. The molecule has 1 N–H and O–H groups in total. The highest BCUT2D eigenvalue weighted by Gasteiger charge is 2.32. The summed E-state index contributed by atoms with van der Waals surface area (Å²) in [4.78, 5) is 14.0. The van der Waals surface area contributed by atoms with E-state index < -0.39 is 6.10 Å². The van der Waals surface area contributed by atoms with Crippen molar-refractivity contribution in [2.24, 2.45) is 11.3 Å². The Hall–Kier alpha value is -2.03. The van der Waals surface area contributed by atoms with E-state index in [1.807, 2.05) is 19.1 Å². The van der Waals surface area contributed by atoms with Gasteiger partial charge in [0.15, 0.2) is 6.10 Å². The standard InChI is InChI=1S/C23H27ClN2O2S/c1-13-6-9-18(24)19(10-13)28-14(2)21(27)26-22-17(12-25)16-8-7-15(23(3,4)5)11-20(16)29-22/h6,9-10,14-15H,7-8,11H2,1-5H3,(H,26,27)/t14-,15-/m0/s1. The quantitative estimate of drug-likeness (QED) is 0.633. The highest BCUT2D eigenvalue weighted by atomic mass is 35.5. The lowest BCUT2D eigenvalue weighted by molar-refractivity contribution is -0.122. The first-order chi connectivity index (χ1) is 13.6. The van der Waals surface area contributed by atoms with Gasteiger partial charge in [-0.2, -0.15) is 5.26 Å². The second-order valence-electron chi connectivity index (χ2n) is 8.81. The van der Waals surface area contributed by atoms with Crippen LogP contribution in [0.2, 0.25) is 5.02 Å². The van der Waals surface area contributed by atoms with Crippen molar-refractivity contribution >= 4 is 33.8 Å². The maximum atomic E-state index is 12.7. The molecule has 0 bridgehead atoms. The van der Waals surface area contributed by atoms with Gasteiger partial charge in [-0.3, -0.25) is 4.79 Å². The molecule has 0 radical (unpaired) electrons. The van der Waals surface area contributed by atoms with Gasteiger partial charge < -0.3 is 10.1 Å². The molecule has 0 saturated heterocycles. The van der Waals surface area contributed by atoms with Crippen molar-refractivity contribution in [2.45, 2.75) is 60.0 Å². The van der Waals surface area contributed by atoms with E-state index in [4.69, 9.17) is 16.3 Å². The van der Waals surface area contributed by atoms with E-state index in [1.165, 1.54) is 16.2 Å². The first-order valence-electron chi connectivity index (χ1n) is 9.88. The van der Waals surface area contributed by atoms with Crippen LogP contribution in [0.4, 0.5) is 5.00 Å². The monoisotopic (exact) mass is 430 g/mol. The molecule has 1 heterocycles. The summed E-state index contributed by atoms with van der Waals surface area (Å²) in [6.45, 7) is 10.4. The predicted octanol–water partition coefficient (Wildman–Crippen LogP) is 6.14. The third-order valence-electron chi connectivity index (χ3n) is 5.60. The van der Waals surface area contributed by atoms with Gasteiger partial charge >= 0.3 is 0 Å². The number of nitrogens with zero attached hydrogens (tertiary/aromatic N) is 1. The van der Waals surface area contributed by atoms with E-state index in [-0.39, 0.29) is 11.3 Å². The Bertz CT molecular complexity index is 968. The summed E-state index contributed by atoms with van der Waals surface area (Å²) in [5.41, 5.74) is 2.94. The minimum absolute atomic E-state index is 0.229. The van der Waals surface area contributed by atoms with Crippen LogP contribution in [0.5, 0.6) is 5.75 Å². The number of hydrogen-bond donors (Lipinski definition) is 1. The predicted molar refractivity (Wildman–Crippen MR) is 119 cm³/mol. The van der Waals surface area contributed by atoms with Crippen LogP contribution >= 0.6 is 22.9 Å². The molecule has 0 aliphatic heterocycles. The average molecular weight is 431 g/mol. The van der Waals surface area contributed by atoms with Gasteiger partial charge in [0, 0.05) is 4.88 Å². The number of ether oxygens (including phenoxy) is 1. The zero-order valence-electron chi connectivity index (χ0n) is 17.6. The van der Waals surface area contributed by atoms with E-state index in [0.29, 0.717) is 27.3 Å². The van der Waals surface area contributed by atoms with Crippen LogP contribution in [-0.4, -0.2) is 12.0 Å². The number of halogens is 1. The first kappa shape index (κ1) is 21.7. The number of amides is 1. The lowest BCUT2D eigenvalue weighted by atomic mass is 9.72. The summed E-state index contributed by atoms with van der Waals surface area (Å²) < 4.78 is 5.77. The molecular weight excluding hydrogens is 404 g/mol. The number of aryl methyl sites for hydroxylation is 1.